The molecule has 0 bridgehead atoms. The summed E-state index contributed by atoms with van der Waals surface area (Å²) in [5, 5.41) is 28.9. The molecule has 0 saturated heterocycles. The number of hydrogen-bond donors (Lipinski definition) is 2. The molecule has 4 N–H and O–H groups in total. The van der Waals surface area contributed by atoms with Crippen molar-refractivity contribution in [3.8, 4) is 11.1 Å². The fourth-order valence-electron chi connectivity index (χ4n) is 8.93. The van der Waals surface area contributed by atoms with Gasteiger partial charge >= 0.3 is 31.4 Å². The molecule has 0 aliphatic heterocycles. The van der Waals surface area contributed by atoms with Crippen molar-refractivity contribution >= 4 is 81.2 Å². The van der Waals surface area contributed by atoms with Crippen molar-refractivity contribution in [3.05, 3.63) is 190 Å². The molecule has 0 aromatic heterocycles. The first kappa shape index (κ1) is 48.7. The fourth-order valence-corrected chi connectivity index (χ4v) is 15.3. The Bertz CT molecular complexity index is 2560. The van der Waals surface area contributed by atoms with Gasteiger partial charge in [0.1, 0.15) is 31.8 Å². The van der Waals surface area contributed by atoms with Gasteiger partial charge < -0.3 is 19.8 Å². The van der Waals surface area contributed by atoms with Crippen LogP contribution in [0.25, 0.3) is 32.7 Å². The smallest absolute Gasteiger partial charge is 0.339 e. The van der Waals surface area contributed by atoms with Crippen LogP contribution in [0.2, 0.25) is 0 Å². The van der Waals surface area contributed by atoms with Gasteiger partial charge in [0, 0.05) is 11.1 Å². The predicted octanol–water partition coefficient (Wildman–Crippen LogP) is 11.2. The van der Waals surface area contributed by atoms with Gasteiger partial charge in [0.2, 0.25) is 0 Å². The van der Waals surface area contributed by atoms with Gasteiger partial charge in [-0.15, -0.1) is 0 Å². The van der Waals surface area contributed by atoms with Gasteiger partial charge in [-0.05, 0) is 182 Å². The van der Waals surface area contributed by atoms with Crippen LogP contribution in [0.15, 0.2) is 146 Å². The van der Waals surface area contributed by atoms with Crippen LogP contribution in [0.5, 0.6) is 0 Å². The molecule has 0 unspecified atom stereocenters. The molecule has 4 nitrogen and oxygen atoms in total. The summed E-state index contributed by atoms with van der Waals surface area (Å²) in [6, 6.07) is 56.9. The van der Waals surface area contributed by atoms with Crippen molar-refractivity contribution in [2.45, 2.75) is 69.2 Å². The molecule has 0 heterocycles. The van der Waals surface area contributed by atoms with E-state index >= 15 is 0 Å². The minimum absolute atomic E-state index is 0. The van der Waals surface area contributed by atoms with E-state index in [1.807, 2.05) is 0 Å². The van der Waals surface area contributed by atoms with Crippen molar-refractivity contribution in [1.29, 1.82) is 0 Å². The van der Waals surface area contributed by atoms with E-state index in [2.05, 4.69) is 201 Å². The molecule has 63 heavy (non-hydrogen) atoms. The summed E-state index contributed by atoms with van der Waals surface area (Å²) in [7, 11) is -2.97. The third-order valence-electron chi connectivity index (χ3n) is 10.7. The van der Waals surface area contributed by atoms with Crippen LogP contribution in [0, 0.1) is 55.4 Å². The Balaban J connectivity index is 0.000000768. The summed E-state index contributed by atoms with van der Waals surface area (Å²) >= 11 is 0. The molecular formula is C56H60O4P2Ru+6. The second-order valence-corrected chi connectivity index (χ2v) is 21.7. The molecule has 0 fully saturated rings. The normalized spacial score (nSPS) is 10.8. The van der Waals surface area contributed by atoms with E-state index in [9.17, 15) is 0 Å². The van der Waals surface area contributed by atoms with Crippen molar-refractivity contribution in [2.24, 2.45) is 0 Å². The summed E-state index contributed by atoms with van der Waals surface area (Å²) in [6.45, 7) is 20.4. The van der Waals surface area contributed by atoms with Crippen LogP contribution in [-0.4, -0.2) is 31.7 Å². The number of benzene rings is 8. The molecule has 320 valence electrons. The molecule has 8 aromatic rings. The number of aryl methyl sites for hydroxylation is 8. The van der Waals surface area contributed by atoms with Crippen LogP contribution < -0.4 is 31.8 Å². The summed E-state index contributed by atoms with van der Waals surface area (Å²) in [5.41, 5.74) is 13.3. The van der Waals surface area contributed by atoms with Gasteiger partial charge in [0.05, 0.1) is 29.7 Å². The van der Waals surface area contributed by atoms with Gasteiger partial charge in [0.25, 0.3) is 0 Å². The Morgan fingerprint density at radius 2 is 0.587 bits per heavy atom. The third kappa shape index (κ3) is 12.0. The molecule has 8 rings (SSSR count). The van der Waals surface area contributed by atoms with Gasteiger partial charge in [-0.3, -0.25) is 0 Å². The fraction of sp³-hybridized carbons (Fsp3) is 0.179. The molecule has 0 aliphatic carbocycles. The van der Waals surface area contributed by atoms with Crippen molar-refractivity contribution in [2.75, 3.05) is 0 Å². The molecule has 0 spiro atoms. The summed E-state index contributed by atoms with van der Waals surface area (Å²) in [6.07, 6.45) is 0. The molecule has 0 aliphatic rings. The number of rotatable bonds is 7. The average Bonchev–Trinajstić information content (AvgIpc) is 3.16. The molecule has 0 radical (unpaired) electrons. The standard InChI is InChI=1S/C52H48P2.2C2H4O2.Ru/c1-33-21-34(2)26-43(25-33)53(44-27-35(3)22-36(4)28-44)49-19-17-41-13-9-11-15-47(41)51(49)52-48-16-12-10-14-42(48)18-20-50(52)54(45-29-37(5)23-38(6)30-45)46-31-39(7)24-40(8)32-46;2*1-2(3)4;/h9-32H,1-8H3;2*1H3,(H,3,4);/q;;;+2/p+4. The first-order chi connectivity index (χ1) is 29.5. The van der Waals surface area contributed by atoms with Gasteiger partial charge in [-0.1, -0.05) is 84.9 Å². The Hall–Kier alpha value is -5.30. The van der Waals surface area contributed by atoms with E-state index in [-0.39, 0.29) is 19.5 Å². The van der Waals surface area contributed by atoms with E-state index in [0.717, 1.165) is 0 Å². The summed E-state index contributed by atoms with van der Waals surface area (Å²) < 4.78 is 0. The van der Waals surface area contributed by atoms with Crippen LogP contribution in [-0.2, 0) is 19.5 Å². The monoisotopic (exact) mass is 960 g/mol. The van der Waals surface area contributed by atoms with Crippen molar-refractivity contribution < 1.29 is 39.3 Å². The third-order valence-corrected chi connectivity index (χ3v) is 16.1. The van der Waals surface area contributed by atoms with E-state index in [1.165, 1.54) is 123 Å². The molecular weight excluding hydrogens is 900 g/mol. The van der Waals surface area contributed by atoms with Gasteiger partial charge in [-0.2, -0.15) is 0 Å². The second-order valence-electron chi connectivity index (χ2n) is 16.8. The first-order valence-electron chi connectivity index (χ1n) is 21.0. The molecule has 0 saturated carbocycles. The number of carboxylic acids is 2. The zero-order valence-corrected chi connectivity index (χ0v) is 41.7. The van der Waals surface area contributed by atoms with Crippen LogP contribution >= 0.6 is 15.8 Å². The average molecular weight is 960 g/mol. The van der Waals surface area contributed by atoms with Crippen molar-refractivity contribution in [1.82, 2.24) is 0 Å². The number of hydrogen-bond acceptors (Lipinski definition) is 0. The molecule has 8 aromatic carbocycles. The predicted molar refractivity (Wildman–Crippen MR) is 275 cm³/mol. The Kier molecular flexibility index (Phi) is 16.5. The number of fused-ring (bicyclic) bond motifs is 2. The van der Waals surface area contributed by atoms with Crippen LogP contribution in [0.1, 0.15) is 58.4 Å². The number of aliphatic carboxylic acids is 2. The van der Waals surface area contributed by atoms with E-state index in [1.54, 1.807) is 0 Å². The van der Waals surface area contributed by atoms with E-state index in [0.29, 0.717) is 0 Å². The maximum Gasteiger partial charge on any atom is 2.00 e. The Morgan fingerprint density at radius 1 is 0.365 bits per heavy atom. The van der Waals surface area contributed by atoms with Crippen LogP contribution in [0.4, 0.5) is 0 Å². The quantitative estimate of drug-likeness (QED) is 0.0948. The van der Waals surface area contributed by atoms with E-state index < -0.39 is 27.8 Å². The molecule has 7 heteroatoms. The van der Waals surface area contributed by atoms with E-state index in [4.69, 9.17) is 19.8 Å². The Labute approximate surface area is 388 Å². The summed E-state index contributed by atoms with van der Waals surface area (Å²) in [5.74, 6) is -1.17. The number of aliphatic hydroxyl groups excluding tert-OH is 2. The largest absolute Gasteiger partial charge is 2.00 e. The Morgan fingerprint density at radius 3 is 0.825 bits per heavy atom. The van der Waals surface area contributed by atoms with Crippen LogP contribution in [0.3, 0.4) is 0 Å². The zero-order chi connectivity index (χ0) is 44.8. The maximum atomic E-state index is 7.53. The summed E-state index contributed by atoms with van der Waals surface area (Å²) in [4.78, 5) is 15.1. The SMILES string of the molecule is CC(O)=[OH+].CC(O)=[OH+].Cc1cc(C)cc([PH+](c2cc(C)cc(C)c2)c2ccc3ccccc3c2-c2c([PH+](c3cc(C)cc(C)c3)c3cc(C)cc(C)c3)ccc3ccccc23)c1.[Ru+2]. The minimum Gasteiger partial charge on any atom is -0.339 e. The zero-order valence-electron chi connectivity index (χ0n) is 38.0. The van der Waals surface area contributed by atoms with Gasteiger partial charge in [0.15, 0.2) is 0 Å². The maximum absolute atomic E-state index is 7.53. The number of carboxylic acid groups (broad SMARTS) is 2. The second kappa shape index (κ2) is 21.4. The van der Waals surface area contributed by atoms with Gasteiger partial charge in [-0.25, -0.2) is 0 Å². The van der Waals surface area contributed by atoms with Crippen molar-refractivity contribution in [3.63, 3.8) is 0 Å². The first-order valence-corrected chi connectivity index (χ1v) is 24.0. The molecule has 0 atom stereocenters. The minimum atomic E-state index is -1.49. The molecule has 0 amide bonds. The topological polar surface area (TPSA) is 83.3 Å².